The standard InChI is InChI=1S/C17H12Cl3N3O2/c1-9-4-5-10-11(18)7-12(19)16(15(10)22-9)25-8-14(24)23-13-3-2-6-21-17(13)20/h2-7H,8H2,1H3,(H,23,24). The molecule has 0 aliphatic heterocycles. The zero-order valence-electron chi connectivity index (χ0n) is 13.0. The molecule has 0 unspecified atom stereocenters. The molecule has 0 saturated carbocycles. The third-order valence-corrected chi connectivity index (χ3v) is 4.25. The molecule has 1 amide bonds. The van der Waals surface area contributed by atoms with Gasteiger partial charge < -0.3 is 10.1 Å². The van der Waals surface area contributed by atoms with Crippen molar-refractivity contribution in [2.75, 3.05) is 11.9 Å². The highest BCUT2D eigenvalue weighted by Crippen LogP contribution is 2.37. The fraction of sp³-hybridized carbons (Fsp3) is 0.118. The number of ether oxygens (including phenoxy) is 1. The Kier molecular flexibility index (Phi) is 5.27. The summed E-state index contributed by atoms with van der Waals surface area (Å²) in [4.78, 5) is 20.4. The Morgan fingerprint density at radius 3 is 2.76 bits per heavy atom. The molecule has 0 fully saturated rings. The number of carbonyl (C=O) groups excluding carboxylic acids is 1. The lowest BCUT2D eigenvalue weighted by Gasteiger charge is -2.12. The van der Waals surface area contributed by atoms with E-state index in [1.807, 2.05) is 19.1 Å². The number of nitrogens with zero attached hydrogens (tertiary/aromatic N) is 2. The molecule has 0 saturated heterocycles. The molecule has 3 aromatic rings. The number of anilines is 1. The topological polar surface area (TPSA) is 64.1 Å². The Bertz CT molecular complexity index is 963. The van der Waals surface area contributed by atoms with Crippen molar-refractivity contribution in [2.45, 2.75) is 6.92 Å². The highest BCUT2D eigenvalue weighted by atomic mass is 35.5. The Hall–Kier alpha value is -2.08. The molecule has 1 aromatic carbocycles. The molecular formula is C17H12Cl3N3O2. The number of pyridine rings is 2. The zero-order valence-corrected chi connectivity index (χ0v) is 15.3. The quantitative estimate of drug-likeness (QED) is 0.636. The molecule has 0 aliphatic rings. The number of fused-ring (bicyclic) bond motifs is 1. The average molecular weight is 397 g/mol. The third kappa shape index (κ3) is 3.95. The van der Waals surface area contributed by atoms with Gasteiger partial charge in [-0.15, -0.1) is 0 Å². The summed E-state index contributed by atoms with van der Waals surface area (Å²) in [5, 5.41) is 4.26. The van der Waals surface area contributed by atoms with Crippen LogP contribution in [0.2, 0.25) is 15.2 Å². The van der Waals surface area contributed by atoms with Crippen molar-refractivity contribution >= 4 is 57.3 Å². The minimum Gasteiger partial charge on any atom is -0.480 e. The lowest BCUT2D eigenvalue weighted by molar-refractivity contribution is -0.118. The summed E-state index contributed by atoms with van der Waals surface area (Å²) >= 11 is 18.3. The number of nitrogens with one attached hydrogen (secondary N) is 1. The van der Waals surface area contributed by atoms with Crippen LogP contribution in [0.25, 0.3) is 10.9 Å². The van der Waals surface area contributed by atoms with Crippen LogP contribution in [0.4, 0.5) is 5.69 Å². The first-order valence-electron chi connectivity index (χ1n) is 7.24. The van der Waals surface area contributed by atoms with Crippen LogP contribution in [0.15, 0.2) is 36.5 Å². The number of rotatable bonds is 4. The smallest absolute Gasteiger partial charge is 0.262 e. The molecule has 0 aliphatic carbocycles. The molecule has 0 atom stereocenters. The number of aryl methyl sites for hydroxylation is 1. The van der Waals surface area contributed by atoms with E-state index in [-0.39, 0.29) is 16.8 Å². The number of hydrogen-bond donors (Lipinski definition) is 1. The average Bonchev–Trinajstić information content (AvgIpc) is 2.56. The van der Waals surface area contributed by atoms with Crippen molar-refractivity contribution in [3.63, 3.8) is 0 Å². The zero-order chi connectivity index (χ0) is 18.0. The summed E-state index contributed by atoms with van der Waals surface area (Å²) < 4.78 is 5.61. The SMILES string of the molecule is Cc1ccc2c(Cl)cc(Cl)c(OCC(=O)Nc3cccnc3Cl)c2n1. The van der Waals surface area contributed by atoms with E-state index in [0.717, 1.165) is 5.69 Å². The summed E-state index contributed by atoms with van der Waals surface area (Å²) in [6.07, 6.45) is 1.53. The molecule has 1 N–H and O–H groups in total. The van der Waals surface area contributed by atoms with Crippen LogP contribution in [-0.2, 0) is 4.79 Å². The fourth-order valence-electron chi connectivity index (χ4n) is 2.23. The number of aromatic nitrogens is 2. The number of carbonyl (C=O) groups is 1. The fourth-order valence-corrected chi connectivity index (χ4v) is 2.97. The largest absolute Gasteiger partial charge is 0.480 e. The highest BCUT2D eigenvalue weighted by Gasteiger charge is 2.15. The second kappa shape index (κ2) is 7.44. The van der Waals surface area contributed by atoms with Crippen LogP contribution in [0.1, 0.15) is 5.69 Å². The second-order valence-corrected chi connectivity index (χ2v) is 6.37. The van der Waals surface area contributed by atoms with Gasteiger partial charge in [0.05, 0.1) is 15.7 Å². The van der Waals surface area contributed by atoms with Crippen LogP contribution >= 0.6 is 34.8 Å². The van der Waals surface area contributed by atoms with Gasteiger partial charge in [0.1, 0.15) is 5.52 Å². The molecule has 8 heteroatoms. The van der Waals surface area contributed by atoms with E-state index < -0.39 is 5.91 Å². The van der Waals surface area contributed by atoms with Gasteiger partial charge in [-0.05, 0) is 37.3 Å². The van der Waals surface area contributed by atoms with Gasteiger partial charge in [0.2, 0.25) is 0 Å². The van der Waals surface area contributed by atoms with Gasteiger partial charge in [-0.3, -0.25) is 4.79 Å². The van der Waals surface area contributed by atoms with Crippen LogP contribution < -0.4 is 10.1 Å². The molecular weight excluding hydrogens is 385 g/mol. The van der Waals surface area contributed by atoms with E-state index >= 15 is 0 Å². The molecule has 0 radical (unpaired) electrons. The van der Waals surface area contributed by atoms with Gasteiger partial charge in [0, 0.05) is 17.3 Å². The van der Waals surface area contributed by atoms with E-state index in [9.17, 15) is 4.79 Å². The Labute approximate surface area is 158 Å². The number of hydrogen-bond acceptors (Lipinski definition) is 4. The summed E-state index contributed by atoms with van der Waals surface area (Å²) in [6.45, 7) is 1.58. The molecule has 5 nitrogen and oxygen atoms in total. The first kappa shape index (κ1) is 17.7. The van der Waals surface area contributed by atoms with Crippen LogP contribution in [0, 0.1) is 6.92 Å². The van der Waals surface area contributed by atoms with Crippen molar-refractivity contribution in [2.24, 2.45) is 0 Å². The molecule has 2 heterocycles. The van der Waals surface area contributed by atoms with Crippen LogP contribution in [0.5, 0.6) is 5.75 Å². The minimum absolute atomic E-state index is 0.197. The summed E-state index contributed by atoms with van der Waals surface area (Å²) in [5.41, 5.74) is 1.69. The number of amides is 1. The first-order chi connectivity index (χ1) is 12.0. The van der Waals surface area contributed by atoms with Crippen LogP contribution in [0.3, 0.4) is 0 Å². The predicted octanol–water partition coefficient (Wildman–Crippen LogP) is 4.92. The number of benzene rings is 1. The maximum atomic E-state index is 12.1. The van der Waals surface area contributed by atoms with E-state index in [0.29, 0.717) is 27.4 Å². The van der Waals surface area contributed by atoms with Crippen molar-refractivity contribution < 1.29 is 9.53 Å². The molecule has 2 aromatic heterocycles. The van der Waals surface area contributed by atoms with Crippen molar-refractivity contribution in [3.05, 3.63) is 57.4 Å². The Morgan fingerprint density at radius 1 is 1.20 bits per heavy atom. The lowest BCUT2D eigenvalue weighted by atomic mass is 10.2. The Morgan fingerprint density at radius 2 is 2.00 bits per heavy atom. The minimum atomic E-state index is -0.401. The normalized spacial score (nSPS) is 10.7. The summed E-state index contributed by atoms with van der Waals surface area (Å²) in [5.74, 6) is -0.0982. The monoisotopic (exact) mass is 395 g/mol. The maximum Gasteiger partial charge on any atom is 0.262 e. The van der Waals surface area contributed by atoms with Gasteiger partial charge in [0.25, 0.3) is 5.91 Å². The maximum absolute atomic E-state index is 12.1. The second-order valence-electron chi connectivity index (χ2n) is 5.20. The highest BCUT2D eigenvalue weighted by molar-refractivity contribution is 6.39. The summed E-state index contributed by atoms with van der Waals surface area (Å²) in [7, 11) is 0. The van der Waals surface area contributed by atoms with E-state index in [4.69, 9.17) is 39.5 Å². The van der Waals surface area contributed by atoms with Crippen molar-refractivity contribution in [1.82, 2.24) is 9.97 Å². The Balaban J connectivity index is 1.82. The lowest BCUT2D eigenvalue weighted by Crippen LogP contribution is -2.20. The molecule has 0 bridgehead atoms. The number of halogens is 3. The van der Waals surface area contributed by atoms with E-state index in [1.54, 1.807) is 18.2 Å². The van der Waals surface area contributed by atoms with Gasteiger partial charge in [-0.1, -0.05) is 34.8 Å². The van der Waals surface area contributed by atoms with Gasteiger partial charge in [-0.2, -0.15) is 0 Å². The molecule has 3 rings (SSSR count). The van der Waals surface area contributed by atoms with Crippen molar-refractivity contribution in [3.8, 4) is 5.75 Å². The van der Waals surface area contributed by atoms with Gasteiger partial charge >= 0.3 is 0 Å². The van der Waals surface area contributed by atoms with E-state index in [1.165, 1.54) is 6.20 Å². The molecule has 128 valence electrons. The predicted molar refractivity (Wildman–Crippen MR) is 99.9 cm³/mol. The van der Waals surface area contributed by atoms with E-state index in [2.05, 4.69) is 15.3 Å². The molecule has 25 heavy (non-hydrogen) atoms. The van der Waals surface area contributed by atoms with Gasteiger partial charge in [-0.25, -0.2) is 9.97 Å². The van der Waals surface area contributed by atoms with Crippen molar-refractivity contribution in [1.29, 1.82) is 0 Å². The summed E-state index contributed by atoms with van der Waals surface area (Å²) in [6, 6.07) is 8.54. The van der Waals surface area contributed by atoms with Gasteiger partial charge in [0.15, 0.2) is 17.5 Å². The van der Waals surface area contributed by atoms with Crippen LogP contribution in [-0.4, -0.2) is 22.5 Å². The molecule has 0 spiro atoms. The third-order valence-electron chi connectivity index (χ3n) is 3.36. The first-order valence-corrected chi connectivity index (χ1v) is 8.37.